The molecule has 0 aromatic carbocycles. The number of carbonyl (C=O) groups excluding carboxylic acids is 1. The number of carbonyl (C=O) groups is 1. The smallest absolute Gasteiger partial charge is 0.229 e. The molecular weight excluding hydrogens is 159 g/mol. The van der Waals surface area contributed by atoms with Crippen molar-refractivity contribution < 1.29 is 9.18 Å². The summed E-state index contributed by atoms with van der Waals surface area (Å²) in [5, 5.41) is 8.45. The highest BCUT2D eigenvalue weighted by Crippen LogP contribution is 2.27. The first kappa shape index (κ1) is 8.47. The normalized spacial score (nSPS) is 32.8. The van der Waals surface area contributed by atoms with Crippen molar-refractivity contribution in [1.29, 1.82) is 5.26 Å². The molecule has 0 saturated carbocycles. The van der Waals surface area contributed by atoms with E-state index in [4.69, 9.17) is 11.0 Å². The zero-order valence-corrected chi connectivity index (χ0v) is 6.20. The van der Waals surface area contributed by atoms with Crippen LogP contribution in [0, 0.1) is 17.2 Å². The van der Waals surface area contributed by atoms with Crippen molar-refractivity contribution >= 4 is 5.91 Å². The van der Waals surface area contributed by atoms with E-state index in [9.17, 15) is 9.18 Å². The van der Waals surface area contributed by atoms with E-state index in [2.05, 4.69) is 0 Å². The van der Waals surface area contributed by atoms with Crippen molar-refractivity contribution in [2.75, 3.05) is 0 Å². The van der Waals surface area contributed by atoms with Crippen molar-refractivity contribution in [2.24, 2.45) is 11.7 Å². The number of hydrogen-bond donors (Lipinski definition) is 1. The SMILES string of the molecule is N#CC1(F)C=CC=CC1C(N)=O. The zero-order chi connectivity index (χ0) is 9.19. The van der Waals surface area contributed by atoms with Crippen molar-refractivity contribution in [3.8, 4) is 6.07 Å². The van der Waals surface area contributed by atoms with E-state index in [1.165, 1.54) is 24.3 Å². The number of rotatable bonds is 1. The largest absolute Gasteiger partial charge is 0.369 e. The summed E-state index contributed by atoms with van der Waals surface area (Å²) in [7, 11) is 0. The van der Waals surface area contributed by atoms with Gasteiger partial charge in [-0.1, -0.05) is 18.2 Å². The molecule has 2 N–H and O–H groups in total. The average Bonchev–Trinajstić information content (AvgIpc) is 2.05. The highest BCUT2D eigenvalue weighted by Gasteiger charge is 2.40. The number of alkyl halides is 1. The number of halogens is 1. The van der Waals surface area contributed by atoms with Crippen molar-refractivity contribution in [3.05, 3.63) is 24.3 Å². The van der Waals surface area contributed by atoms with E-state index in [0.29, 0.717) is 0 Å². The Balaban J connectivity index is 3.02. The molecule has 0 bridgehead atoms. The van der Waals surface area contributed by atoms with E-state index in [1.807, 2.05) is 0 Å². The van der Waals surface area contributed by atoms with Gasteiger partial charge in [0.1, 0.15) is 12.0 Å². The predicted molar refractivity (Wildman–Crippen MR) is 40.4 cm³/mol. The molecule has 0 aromatic heterocycles. The Bertz CT molecular complexity index is 303. The molecule has 1 aliphatic carbocycles. The summed E-state index contributed by atoms with van der Waals surface area (Å²) in [6, 6.07) is 1.41. The van der Waals surface area contributed by atoms with Crippen molar-refractivity contribution in [3.63, 3.8) is 0 Å². The second-order valence-electron chi connectivity index (χ2n) is 2.50. The summed E-state index contributed by atoms with van der Waals surface area (Å²) in [6.45, 7) is 0. The molecule has 0 heterocycles. The standard InChI is InChI=1S/C8H7FN2O/c9-8(5-10)4-2-1-3-6(8)7(11)12/h1-4,6H,(H2,11,12). The van der Waals surface area contributed by atoms with E-state index < -0.39 is 17.5 Å². The fourth-order valence-corrected chi connectivity index (χ4v) is 1.02. The van der Waals surface area contributed by atoms with Crippen LogP contribution in [-0.4, -0.2) is 11.6 Å². The summed E-state index contributed by atoms with van der Waals surface area (Å²) < 4.78 is 13.4. The highest BCUT2D eigenvalue weighted by molar-refractivity contribution is 5.81. The minimum absolute atomic E-state index is 0.834. The second kappa shape index (κ2) is 2.78. The quantitative estimate of drug-likeness (QED) is 0.614. The van der Waals surface area contributed by atoms with Crippen LogP contribution in [0.5, 0.6) is 0 Å². The summed E-state index contributed by atoms with van der Waals surface area (Å²) in [4.78, 5) is 10.7. The Kier molecular flexibility index (Phi) is 1.96. The second-order valence-corrected chi connectivity index (χ2v) is 2.50. The molecule has 62 valence electrons. The monoisotopic (exact) mass is 166 g/mol. The first-order valence-electron chi connectivity index (χ1n) is 3.35. The van der Waals surface area contributed by atoms with Gasteiger partial charge in [0.2, 0.25) is 11.6 Å². The third-order valence-electron chi connectivity index (χ3n) is 1.68. The molecule has 2 atom stereocenters. The van der Waals surface area contributed by atoms with Crippen molar-refractivity contribution in [2.45, 2.75) is 5.67 Å². The fourth-order valence-electron chi connectivity index (χ4n) is 1.02. The lowest BCUT2D eigenvalue weighted by Crippen LogP contribution is -2.39. The van der Waals surface area contributed by atoms with Crippen LogP contribution in [0.15, 0.2) is 24.3 Å². The molecule has 1 aliphatic rings. The molecule has 0 radical (unpaired) electrons. The van der Waals surface area contributed by atoms with Gasteiger partial charge in [-0.15, -0.1) is 0 Å². The molecule has 0 spiro atoms. The molecule has 3 nitrogen and oxygen atoms in total. The van der Waals surface area contributed by atoms with E-state index in [1.54, 1.807) is 0 Å². The molecular formula is C8H7FN2O. The zero-order valence-electron chi connectivity index (χ0n) is 6.20. The van der Waals surface area contributed by atoms with Crippen LogP contribution >= 0.6 is 0 Å². The Morgan fingerprint density at radius 1 is 1.67 bits per heavy atom. The number of nitrogens with two attached hydrogens (primary N) is 1. The highest BCUT2D eigenvalue weighted by atomic mass is 19.1. The topological polar surface area (TPSA) is 66.9 Å². The molecule has 0 saturated heterocycles. The maximum atomic E-state index is 13.4. The minimum Gasteiger partial charge on any atom is -0.369 e. The lowest BCUT2D eigenvalue weighted by molar-refractivity contribution is -0.122. The van der Waals surface area contributed by atoms with Gasteiger partial charge in [-0.05, 0) is 6.08 Å². The Morgan fingerprint density at radius 3 is 2.75 bits per heavy atom. The molecule has 2 unspecified atom stereocenters. The molecule has 1 amide bonds. The molecule has 0 aliphatic heterocycles. The van der Waals surface area contributed by atoms with Gasteiger partial charge in [-0.2, -0.15) is 5.26 Å². The van der Waals surface area contributed by atoms with Crippen molar-refractivity contribution in [1.82, 2.24) is 0 Å². The summed E-state index contributed by atoms with van der Waals surface area (Å²) in [5.41, 5.74) is 2.63. The Labute approximate surface area is 69.0 Å². The average molecular weight is 166 g/mol. The van der Waals surface area contributed by atoms with E-state index >= 15 is 0 Å². The van der Waals surface area contributed by atoms with Gasteiger partial charge in [0.25, 0.3) is 0 Å². The number of primary amides is 1. The van der Waals surface area contributed by atoms with Crippen LogP contribution in [0.25, 0.3) is 0 Å². The lowest BCUT2D eigenvalue weighted by atomic mass is 9.86. The molecule has 0 fully saturated rings. The maximum Gasteiger partial charge on any atom is 0.229 e. The molecule has 12 heavy (non-hydrogen) atoms. The third-order valence-corrected chi connectivity index (χ3v) is 1.68. The van der Waals surface area contributed by atoms with E-state index in [0.717, 1.165) is 6.08 Å². The number of nitrogens with zero attached hydrogens (tertiary/aromatic N) is 1. The number of nitriles is 1. The predicted octanol–water partition coefficient (Wildman–Crippen LogP) is 0.446. The van der Waals surface area contributed by atoms with Gasteiger partial charge < -0.3 is 5.73 Å². The minimum atomic E-state index is -2.28. The maximum absolute atomic E-state index is 13.4. The molecule has 1 rings (SSSR count). The van der Waals surface area contributed by atoms with Crippen LogP contribution in [-0.2, 0) is 4.79 Å². The molecule has 0 aromatic rings. The van der Waals surface area contributed by atoms with Gasteiger partial charge in [0, 0.05) is 0 Å². The van der Waals surface area contributed by atoms with Gasteiger partial charge in [-0.25, -0.2) is 4.39 Å². The van der Waals surface area contributed by atoms with Crippen LogP contribution in [0.4, 0.5) is 4.39 Å². The first-order valence-corrected chi connectivity index (χ1v) is 3.35. The lowest BCUT2D eigenvalue weighted by Gasteiger charge is -2.21. The Morgan fingerprint density at radius 2 is 2.33 bits per heavy atom. The Hall–Kier alpha value is -1.63. The van der Waals surface area contributed by atoms with Crippen LogP contribution < -0.4 is 5.73 Å². The number of allylic oxidation sites excluding steroid dienone is 3. The summed E-state index contributed by atoms with van der Waals surface area (Å²) in [5.74, 6) is -2.01. The summed E-state index contributed by atoms with van der Waals surface area (Å²) in [6.07, 6.45) is 5.18. The number of amides is 1. The fraction of sp³-hybridized carbons (Fsp3) is 0.250. The molecule has 4 heteroatoms. The van der Waals surface area contributed by atoms with Gasteiger partial charge in [0.05, 0.1) is 0 Å². The first-order chi connectivity index (χ1) is 5.60. The van der Waals surface area contributed by atoms with E-state index in [-0.39, 0.29) is 0 Å². The van der Waals surface area contributed by atoms with Gasteiger partial charge in [0.15, 0.2) is 0 Å². The third kappa shape index (κ3) is 1.21. The number of hydrogen-bond acceptors (Lipinski definition) is 2. The summed E-state index contributed by atoms with van der Waals surface area (Å²) >= 11 is 0. The van der Waals surface area contributed by atoms with Gasteiger partial charge >= 0.3 is 0 Å². The van der Waals surface area contributed by atoms with Crippen LogP contribution in [0.2, 0.25) is 0 Å². The van der Waals surface area contributed by atoms with Crippen LogP contribution in [0.3, 0.4) is 0 Å². The van der Waals surface area contributed by atoms with Crippen LogP contribution in [0.1, 0.15) is 0 Å². The van der Waals surface area contributed by atoms with Gasteiger partial charge in [-0.3, -0.25) is 4.79 Å².